The molecule has 0 amide bonds. The van der Waals surface area contributed by atoms with Crippen molar-refractivity contribution in [3.8, 4) is 0 Å². The Bertz CT molecular complexity index is 575. The SMILES string of the molecule is Nc1cccc(F)c1/C([O-])=N/S(=O)(=O)C(F)(F)F. The molecule has 0 aliphatic carbocycles. The Morgan fingerprint density at radius 2 is 1.89 bits per heavy atom. The highest BCUT2D eigenvalue weighted by molar-refractivity contribution is 7.91. The van der Waals surface area contributed by atoms with Gasteiger partial charge < -0.3 is 10.8 Å². The number of nitrogens with zero attached hydrogens (tertiary/aromatic N) is 1. The first kappa shape index (κ1) is 14.2. The standard InChI is InChI=1S/C8H6F4N2O3S/c9-4-2-1-3-5(13)6(4)7(15)14-18(16,17)8(10,11)12/h1-3H,13H2,(H,14,15)/p-1. The fourth-order valence-electron chi connectivity index (χ4n) is 0.973. The number of alkyl halides is 3. The third kappa shape index (κ3) is 2.70. The van der Waals surface area contributed by atoms with Crippen molar-refractivity contribution in [3.05, 3.63) is 29.6 Å². The highest BCUT2D eigenvalue weighted by Gasteiger charge is 2.45. The number of sulfonamides is 1. The Morgan fingerprint density at radius 1 is 1.33 bits per heavy atom. The zero-order chi connectivity index (χ0) is 14.1. The lowest BCUT2D eigenvalue weighted by atomic mass is 10.1. The fraction of sp³-hybridized carbons (Fsp3) is 0.125. The van der Waals surface area contributed by atoms with E-state index < -0.39 is 38.5 Å². The highest BCUT2D eigenvalue weighted by Crippen LogP contribution is 2.25. The van der Waals surface area contributed by atoms with E-state index in [-0.39, 0.29) is 0 Å². The van der Waals surface area contributed by atoms with E-state index >= 15 is 0 Å². The lowest BCUT2D eigenvalue weighted by molar-refractivity contribution is -0.212. The third-order valence-electron chi connectivity index (χ3n) is 1.76. The van der Waals surface area contributed by atoms with Gasteiger partial charge >= 0.3 is 15.5 Å². The summed E-state index contributed by atoms with van der Waals surface area (Å²) in [6, 6.07) is 2.85. The van der Waals surface area contributed by atoms with Crippen LogP contribution in [0.2, 0.25) is 0 Å². The normalized spacial score (nSPS) is 13.7. The molecule has 2 N–H and O–H groups in total. The monoisotopic (exact) mass is 285 g/mol. The average Bonchev–Trinajstić information content (AvgIpc) is 2.14. The van der Waals surface area contributed by atoms with Crippen LogP contribution in [0.25, 0.3) is 0 Å². The molecule has 10 heteroatoms. The Morgan fingerprint density at radius 3 is 2.33 bits per heavy atom. The predicted molar refractivity (Wildman–Crippen MR) is 52.3 cm³/mol. The first-order valence-corrected chi connectivity index (χ1v) is 5.63. The second-order valence-corrected chi connectivity index (χ2v) is 4.62. The van der Waals surface area contributed by atoms with Crippen molar-refractivity contribution < 1.29 is 31.1 Å². The van der Waals surface area contributed by atoms with Crippen molar-refractivity contribution in [1.29, 1.82) is 0 Å². The summed E-state index contributed by atoms with van der Waals surface area (Å²) in [6.45, 7) is 0. The predicted octanol–water partition coefficient (Wildman–Crippen LogP) is 0.364. The maximum absolute atomic E-state index is 13.1. The molecule has 1 aromatic rings. The molecule has 1 aromatic carbocycles. The summed E-state index contributed by atoms with van der Waals surface area (Å²) in [6.07, 6.45) is 0. The molecule has 0 atom stereocenters. The van der Waals surface area contributed by atoms with Crippen LogP contribution in [0, 0.1) is 5.82 Å². The first-order valence-electron chi connectivity index (χ1n) is 4.19. The van der Waals surface area contributed by atoms with E-state index in [9.17, 15) is 31.1 Å². The van der Waals surface area contributed by atoms with E-state index in [2.05, 4.69) is 0 Å². The first-order chi connectivity index (χ1) is 8.06. The largest absolute Gasteiger partial charge is 0.857 e. The lowest BCUT2D eigenvalue weighted by Crippen LogP contribution is -2.28. The molecule has 0 heterocycles. The number of benzene rings is 1. The van der Waals surface area contributed by atoms with Gasteiger partial charge in [0.15, 0.2) is 0 Å². The Labute approximate surface area is 98.6 Å². The van der Waals surface area contributed by atoms with Gasteiger partial charge in [0.2, 0.25) is 0 Å². The van der Waals surface area contributed by atoms with E-state index in [0.29, 0.717) is 0 Å². The molecule has 5 nitrogen and oxygen atoms in total. The van der Waals surface area contributed by atoms with Crippen LogP contribution in [-0.4, -0.2) is 19.8 Å². The van der Waals surface area contributed by atoms with Crippen LogP contribution in [0.3, 0.4) is 0 Å². The van der Waals surface area contributed by atoms with Crippen LogP contribution in [-0.2, 0) is 10.0 Å². The Hall–Kier alpha value is -1.84. The van der Waals surface area contributed by atoms with Crippen molar-refractivity contribution in [2.75, 3.05) is 5.73 Å². The van der Waals surface area contributed by atoms with Gasteiger partial charge in [-0.2, -0.15) is 26.0 Å². The number of halogens is 4. The molecular weight excluding hydrogens is 280 g/mol. The van der Waals surface area contributed by atoms with Gasteiger partial charge in [0, 0.05) is 17.1 Å². The summed E-state index contributed by atoms with van der Waals surface area (Å²) in [4.78, 5) is 0. The maximum Gasteiger partial charge on any atom is 0.518 e. The van der Waals surface area contributed by atoms with E-state index in [4.69, 9.17) is 5.73 Å². The van der Waals surface area contributed by atoms with Crippen molar-refractivity contribution in [2.24, 2.45) is 4.40 Å². The van der Waals surface area contributed by atoms with E-state index in [1.807, 2.05) is 4.40 Å². The van der Waals surface area contributed by atoms with Gasteiger partial charge in [-0.05, 0) is 12.1 Å². The number of hydrogen-bond donors (Lipinski definition) is 1. The number of nitrogens with two attached hydrogens (primary N) is 1. The molecule has 100 valence electrons. The van der Waals surface area contributed by atoms with Crippen LogP contribution < -0.4 is 10.8 Å². The zero-order valence-electron chi connectivity index (χ0n) is 8.40. The number of nitrogen functional groups attached to an aromatic ring is 1. The van der Waals surface area contributed by atoms with Gasteiger partial charge in [-0.1, -0.05) is 6.07 Å². The Balaban J connectivity index is 3.37. The zero-order valence-corrected chi connectivity index (χ0v) is 9.22. The quantitative estimate of drug-likeness (QED) is 0.367. The maximum atomic E-state index is 13.1. The summed E-state index contributed by atoms with van der Waals surface area (Å²) in [5.74, 6) is -3.18. The molecule has 0 saturated carbocycles. The summed E-state index contributed by atoms with van der Waals surface area (Å²) < 4.78 is 72.1. The molecule has 0 unspecified atom stereocenters. The van der Waals surface area contributed by atoms with Crippen LogP contribution in [0.5, 0.6) is 0 Å². The van der Waals surface area contributed by atoms with E-state index in [1.54, 1.807) is 0 Å². The summed E-state index contributed by atoms with van der Waals surface area (Å²) in [5.41, 5.74) is -2.12. The number of rotatable bonds is 2. The van der Waals surface area contributed by atoms with Crippen molar-refractivity contribution >= 4 is 21.6 Å². The van der Waals surface area contributed by atoms with Crippen LogP contribution in [0.15, 0.2) is 22.6 Å². The summed E-state index contributed by atoms with van der Waals surface area (Å²) >= 11 is 0. The molecule has 0 aliphatic heterocycles. The molecule has 0 saturated heterocycles. The van der Waals surface area contributed by atoms with Crippen molar-refractivity contribution in [1.82, 2.24) is 0 Å². The van der Waals surface area contributed by atoms with Crippen molar-refractivity contribution in [3.63, 3.8) is 0 Å². The van der Waals surface area contributed by atoms with Crippen LogP contribution in [0.4, 0.5) is 23.2 Å². The fourth-order valence-corrected chi connectivity index (χ4v) is 1.39. The van der Waals surface area contributed by atoms with Gasteiger partial charge in [0.05, 0.1) is 0 Å². The molecule has 0 radical (unpaired) electrons. The van der Waals surface area contributed by atoms with Gasteiger partial charge in [-0.3, -0.25) is 0 Å². The molecule has 0 aliphatic rings. The second-order valence-electron chi connectivity index (χ2n) is 3.02. The van der Waals surface area contributed by atoms with Gasteiger partial charge in [0.25, 0.3) is 0 Å². The molecule has 0 fully saturated rings. The third-order valence-corrected chi connectivity index (χ3v) is 2.75. The number of anilines is 1. The minimum absolute atomic E-state index is 0.513. The summed E-state index contributed by atoms with van der Waals surface area (Å²) in [7, 11) is -6.03. The summed E-state index contributed by atoms with van der Waals surface area (Å²) in [5, 5.41) is 11.2. The van der Waals surface area contributed by atoms with Gasteiger partial charge in [-0.15, -0.1) is 0 Å². The van der Waals surface area contributed by atoms with Gasteiger partial charge in [0.1, 0.15) is 5.82 Å². The minimum atomic E-state index is -6.03. The smallest absolute Gasteiger partial charge is 0.518 e. The average molecular weight is 285 g/mol. The molecular formula is C8H5F4N2O3S-. The van der Waals surface area contributed by atoms with Gasteiger partial charge in [-0.25, -0.2) is 4.39 Å². The highest BCUT2D eigenvalue weighted by atomic mass is 32.2. The van der Waals surface area contributed by atoms with Crippen molar-refractivity contribution in [2.45, 2.75) is 5.51 Å². The number of hydrogen-bond acceptors (Lipinski definition) is 4. The van der Waals surface area contributed by atoms with E-state index in [1.165, 1.54) is 0 Å². The molecule has 1 rings (SSSR count). The van der Waals surface area contributed by atoms with Crippen LogP contribution in [0.1, 0.15) is 5.56 Å². The minimum Gasteiger partial charge on any atom is -0.857 e. The molecule has 0 spiro atoms. The van der Waals surface area contributed by atoms with E-state index in [0.717, 1.165) is 18.2 Å². The van der Waals surface area contributed by atoms with Crippen LogP contribution >= 0.6 is 0 Å². The molecule has 0 bridgehead atoms. The lowest BCUT2D eigenvalue weighted by Gasteiger charge is -2.14. The molecule has 18 heavy (non-hydrogen) atoms. The molecule has 0 aromatic heterocycles. The topological polar surface area (TPSA) is 95.6 Å². The Kier molecular flexibility index (Phi) is 3.51. The second kappa shape index (κ2) is 4.44.